The zero-order chi connectivity index (χ0) is 20.4. The van der Waals surface area contributed by atoms with Crippen LogP contribution in [0.3, 0.4) is 0 Å². The van der Waals surface area contributed by atoms with Crippen LogP contribution in [-0.2, 0) is 15.6 Å². The molecule has 1 heterocycles. The minimum absolute atomic E-state index is 0.155. The van der Waals surface area contributed by atoms with Crippen molar-refractivity contribution in [2.75, 3.05) is 13.1 Å². The van der Waals surface area contributed by atoms with Crippen LogP contribution in [-0.4, -0.2) is 29.0 Å². The number of aromatic hydroxyl groups is 1. The molecule has 1 aromatic rings. The lowest BCUT2D eigenvalue weighted by atomic mass is 9.78. The molecule has 146 valence electrons. The third-order valence-corrected chi connectivity index (χ3v) is 5.05. The van der Waals surface area contributed by atoms with E-state index in [2.05, 4.69) is 6.07 Å². The van der Waals surface area contributed by atoms with Crippen molar-refractivity contribution in [1.82, 2.24) is 4.90 Å². The summed E-state index contributed by atoms with van der Waals surface area (Å²) in [6.45, 7) is 13.7. The predicted octanol–water partition coefficient (Wildman–Crippen LogP) is 4.91. The normalized spacial score (nSPS) is 16.2. The fourth-order valence-corrected chi connectivity index (χ4v) is 3.46. The van der Waals surface area contributed by atoms with Crippen molar-refractivity contribution in [2.45, 2.75) is 71.6 Å². The van der Waals surface area contributed by atoms with Crippen molar-refractivity contribution in [1.29, 1.82) is 5.26 Å². The summed E-state index contributed by atoms with van der Waals surface area (Å²) in [7, 11) is 0. The molecular formula is C23H32N2O2. The Morgan fingerprint density at radius 2 is 1.52 bits per heavy atom. The average Bonchev–Trinajstić information content (AvgIpc) is 2.59. The second kappa shape index (κ2) is 7.76. The molecule has 1 N–H and O–H groups in total. The first-order valence-electron chi connectivity index (χ1n) is 9.74. The van der Waals surface area contributed by atoms with Crippen molar-refractivity contribution >= 4 is 12.0 Å². The van der Waals surface area contributed by atoms with Gasteiger partial charge in [-0.15, -0.1) is 0 Å². The number of piperidine rings is 1. The van der Waals surface area contributed by atoms with Crippen molar-refractivity contribution in [3.8, 4) is 11.8 Å². The lowest BCUT2D eigenvalue weighted by molar-refractivity contribution is -0.127. The summed E-state index contributed by atoms with van der Waals surface area (Å²) in [4.78, 5) is 14.5. The molecule has 1 aliphatic rings. The number of benzene rings is 1. The van der Waals surface area contributed by atoms with E-state index in [1.54, 1.807) is 11.0 Å². The van der Waals surface area contributed by atoms with Gasteiger partial charge in [0.15, 0.2) is 0 Å². The van der Waals surface area contributed by atoms with Crippen molar-refractivity contribution < 1.29 is 9.90 Å². The highest BCUT2D eigenvalue weighted by Crippen LogP contribution is 2.40. The summed E-state index contributed by atoms with van der Waals surface area (Å²) in [6, 6.07) is 5.87. The van der Waals surface area contributed by atoms with Crippen LogP contribution in [0.5, 0.6) is 5.75 Å². The van der Waals surface area contributed by atoms with E-state index in [0.29, 0.717) is 18.8 Å². The highest BCUT2D eigenvalue weighted by molar-refractivity contribution is 6.01. The maximum Gasteiger partial charge on any atom is 0.264 e. The van der Waals surface area contributed by atoms with Crippen LogP contribution in [0.2, 0.25) is 0 Å². The Hall–Kier alpha value is -2.28. The second-order valence-corrected chi connectivity index (χ2v) is 9.49. The minimum atomic E-state index is -0.252. The lowest BCUT2D eigenvalue weighted by Crippen LogP contribution is -2.36. The van der Waals surface area contributed by atoms with Crippen LogP contribution in [0.4, 0.5) is 0 Å². The van der Waals surface area contributed by atoms with Gasteiger partial charge >= 0.3 is 0 Å². The first-order chi connectivity index (χ1) is 12.4. The van der Waals surface area contributed by atoms with E-state index in [-0.39, 0.29) is 22.3 Å². The van der Waals surface area contributed by atoms with Gasteiger partial charge in [-0.3, -0.25) is 4.79 Å². The Kier molecular flexibility index (Phi) is 6.04. The topological polar surface area (TPSA) is 64.3 Å². The number of carbonyl (C=O) groups is 1. The van der Waals surface area contributed by atoms with Gasteiger partial charge in [0.2, 0.25) is 0 Å². The fraction of sp³-hybridized carbons (Fsp3) is 0.565. The Balaban J connectivity index is 2.54. The minimum Gasteiger partial charge on any atom is -0.507 e. The number of nitrogens with zero attached hydrogens (tertiary/aromatic N) is 2. The summed E-state index contributed by atoms with van der Waals surface area (Å²) in [5, 5.41) is 20.4. The standard InChI is InChI=1S/C23H32N2O2/c1-22(2,3)18-13-16(14-19(20(18)26)23(4,5)6)12-17(15-24)21(27)25-10-8-7-9-11-25/h12-14,26H,7-11H2,1-6H3/b17-12+. The maximum absolute atomic E-state index is 12.8. The molecule has 0 radical (unpaired) electrons. The van der Waals surface area contributed by atoms with E-state index < -0.39 is 0 Å². The molecule has 0 atom stereocenters. The predicted molar refractivity (Wildman–Crippen MR) is 110 cm³/mol. The van der Waals surface area contributed by atoms with E-state index in [0.717, 1.165) is 36.0 Å². The largest absolute Gasteiger partial charge is 0.507 e. The number of nitriles is 1. The van der Waals surface area contributed by atoms with Gasteiger partial charge in [-0.2, -0.15) is 5.26 Å². The summed E-state index contributed by atoms with van der Waals surface area (Å²) < 4.78 is 0. The molecule has 0 aromatic heterocycles. The molecule has 4 nitrogen and oxygen atoms in total. The monoisotopic (exact) mass is 368 g/mol. The number of amides is 1. The van der Waals surface area contributed by atoms with Crippen LogP contribution in [0.25, 0.3) is 6.08 Å². The summed E-state index contributed by atoms with van der Waals surface area (Å²) in [5.74, 6) is 0.105. The molecule has 1 aliphatic heterocycles. The fourth-order valence-electron chi connectivity index (χ4n) is 3.46. The molecule has 0 spiro atoms. The second-order valence-electron chi connectivity index (χ2n) is 9.49. The number of hydrogen-bond donors (Lipinski definition) is 1. The Morgan fingerprint density at radius 3 is 1.93 bits per heavy atom. The van der Waals surface area contributed by atoms with Crippen molar-refractivity contribution in [2.24, 2.45) is 0 Å². The average molecular weight is 369 g/mol. The third kappa shape index (κ3) is 4.91. The molecule has 4 heteroatoms. The zero-order valence-corrected chi connectivity index (χ0v) is 17.5. The van der Waals surface area contributed by atoms with E-state index in [9.17, 15) is 15.2 Å². The van der Waals surface area contributed by atoms with Gasteiger partial charge in [-0.05, 0) is 53.9 Å². The number of likely N-dealkylation sites (tertiary alicyclic amines) is 1. The van der Waals surface area contributed by atoms with Crippen LogP contribution < -0.4 is 0 Å². The van der Waals surface area contributed by atoms with Gasteiger partial charge in [0.05, 0.1) is 0 Å². The molecule has 1 aromatic carbocycles. The van der Waals surface area contributed by atoms with Crippen molar-refractivity contribution in [3.05, 3.63) is 34.4 Å². The Morgan fingerprint density at radius 1 is 1.04 bits per heavy atom. The quantitative estimate of drug-likeness (QED) is 0.596. The molecule has 1 amide bonds. The number of phenolic OH excluding ortho intramolecular Hbond substituents is 1. The highest BCUT2D eigenvalue weighted by Gasteiger charge is 2.27. The van der Waals surface area contributed by atoms with Crippen LogP contribution in [0.15, 0.2) is 17.7 Å². The van der Waals surface area contributed by atoms with Gasteiger partial charge in [-0.25, -0.2) is 0 Å². The molecule has 27 heavy (non-hydrogen) atoms. The number of phenols is 1. The summed E-state index contributed by atoms with van der Waals surface area (Å²) in [5.41, 5.74) is 2.08. The van der Waals surface area contributed by atoms with Crippen molar-refractivity contribution in [3.63, 3.8) is 0 Å². The maximum atomic E-state index is 12.8. The van der Waals surface area contributed by atoms with Crippen LogP contribution >= 0.6 is 0 Å². The first-order valence-corrected chi connectivity index (χ1v) is 9.74. The van der Waals surface area contributed by atoms with Gasteiger partial charge in [0, 0.05) is 24.2 Å². The van der Waals surface area contributed by atoms with Gasteiger partial charge in [-0.1, -0.05) is 41.5 Å². The third-order valence-electron chi connectivity index (χ3n) is 5.05. The highest BCUT2D eigenvalue weighted by atomic mass is 16.3. The zero-order valence-electron chi connectivity index (χ0n) is 17.5. The molecule has 0 bridgehead atoms. The van der Waals surface area contributed by atoms with Gasteiger partial charge in [0.1, 0.15) is 17.4 Å². The van der Waals surface area contributed by atoms with Crippen LogP contribution in [0, 0.1) is 11.3 Å². The van der Waals surface area contributed by atoms with E-state index in [4.69, 9.17) is 0 Å². The summed E-state index contributed by atoms with van der Waals surface area (Å²) >= 11 is 0. The Labute approximate surface area is 163 Å². The van der Waals surface area contributed by atoms with E-state index in [1.807, 2.05) is 53.7 Å². The lowest BCUT2D eigenvalue weighted by Gasteiger charge is -2.28. The molecule has 1 fully saturated rings. The smallest absolute Gasteiger partial charge is 0.264 e. The molecule has 2 rings (SSSR count). The molecule has 0 unspecified atom stereocenters. The van der Waals surface area contributed by atoms with Gasteiger partial charge < -0.3 is 10.0 Å². The number of hydrogen-bond acceptors (Lipinski definition) is 3. The Bertz CT molecular complexity index is 745. The molecule has 0 saturated carbocycles. The van der Waals surface area contributed by atoms with Gasteiger partial charge in [0.25, 0.3) is 5.91 Å². The number of carbonyl (C=O) groups excluding carboxylic acids is 1. The van der Waals surface area contributed by atoms with E-state index >= 15 is 0 Å². The molecule has 0 aliphatic carbocycles. The SMILES string of the molecule is CC(C)(C)c1cc(/C=C(\C#N)C(=O)N2CCCCC2)cc(C(C)(C)C)c1O. The van der Waals surface area contributed by atoms with E-state index in [1.165, 1.54) is 0 Å². The first kappa shape index (κ1) is 21.0. The van der Waals surface area contributed by atoms with Crippen LogP contribution in [0.1, 0.15) is 77.5 Å². The summed E-state index contributed by atoms with van der Waals surface area (Å²) in [6.07, 6.45) is 4.79. The molecule has 1 saturated heterocycles. The molecular weight excluding hydrogens is 336 g/mol. The number of rotatable bonds is 2.